The van der Waals surface area contributed by atoms with Crippen molar-refractivity contribution in [1.82, 2.24) is 4.98 Å². The van der Waals surface area contributed by atoms with Gasteiger partial charge in [-0.2, -0.15) is 10.5 Å². The SMILES string of the molecule is Cc1ccc(-c2c(C#N)c(N)nc(SCC(=O)C(C)(C)C)c2C#N)cc1. The van der Waals surface area contributed by atoms with Crippen LogP contribution in [0.15, 0.2) is 29.3 Å². The van der Waals surface area contributed by atoms with Crippen molar-refractivity contribution in [2.45, 2.75) is 32.7 Å². The lowest BCUT2D eigenvalue weighted by Crippen LogP contribution is -2.22. The lowest BCUT2D eigenvalue weighted by atomic mass is 9.92. The molecular formula is C20H20N4OS. The zero-order chi connectivity index (χ0) is 19.5. The van der Waals surface area contributed by atoms with Crippen molar-refractivity contribution < 1.29 is 4.79 Å². The number of nitrogens with two attached hydrogens (primary N) is 1. The number of nitrogens with zero attached hydrogens (tertiary/aromatic N) is 3. The molecule has 26 heavy (non-hydrogen) atoms. The summed E-state index contributed by atoms with van der Waals surface area (Å²) >= 11 is 1.18. The molecule has 5 nitrogen and oxygen atoms in total. The maximum atomic E-state index is 12.2. The number of nitrogen functional groups attached to an aromatic ring is 1. The third-order valence-corrected chi connectivity index (χ3v) is 4.91. The van der Waals surface area contributed by atoms with Crippen LogP contribution in [0.1, 0.15) is 37.5 Å². The maximum absolute atomic E-state index is 12.2. The van der Waals surface area contributed by atoms with Crippen LogP contribution in [0, 0.1) is 35.0 Å². The van der Waals surface area contributed by atoms with Gasteiger partial charge in [-0.25, -0.2) is 4.98 Å². The van der Waals surface area contributed by atoms with E-state index < -0.39 is 5.41 Å². The average molecular weight is 364 g/mol. The van der Waals surface area contributed by atoms with E-state index in [1.54, 1.807) is 0 Å². The summed E-state index contributed by atoms with van der Waals surface area (Å²) in [7, 11) is 0. The molecule has 0 aliphatic carbocycles. The number of hydrogen-bond acceptors (Lipinski definition) is 6. The number of anilines is 1. The normalized spacial score (nSPS) is 10.8. The Bertz CT molecular complexity index is 929. The summed E-state index contributed by atoms with van der Waals surface area (Å²) in [5.41, 5.74) is 8.20. The van der Waals surface area contributed by atoms with Crippen LogP contribution in [-0.2, 0) is 4.79 Å². The van der Waals surface area contributed by atoms with Crippen molar-refractivity contribution in [1.29, 1.82) is 10.5 Å². The van der Waals surface area contributed by atoms with Crippen LogP contribution in [0.2, 0.25) is 0 Å². The van der Waals surface area contributed by atoms with Gasteiger partial charge < -0.3 is 5.73 Å². The molecule has 0 bridgehead atoms. The van der Waals surface area contributed by atoms with Gasteiger partial charge in [0.05, 0.1) is 11.3 Å². The first kappa shape index (κ1) is 19.5. The van der Waals surface area contributed by atoms with E-state index in [0.29, 0.717) is 10.6 Å². The molecule has 2 rings (SSSR count). The fraction of sp³-hybridized carbons (Fsp3) is 0.300. The molecule has 0 atom stereocenters. The second-order valence-electron chi connectivity index (χ2n) is 6.98. The molecular weight excluding hydrogens is 344 g/mol. The van der Waals surface area contributed by atoms with Crippen LogP contribution in [-0.4, -0.2) is 16.5 Å². The van der Waals surface area contributed by atoms with E-state index in [4.69, 9.17) is 5.73 Å². The van der Waals surface area contributed by atoms with Gasteiger partial charge in [-0.05, 0) is 12.5 Å². The summed E-state index contributed by atoms with van der Waals surface area (Å²) in [5.74, 6) is 0.296. The van der Waals surface area contributed by atoms with Gasteiger partial charge in [0.25, 0.3) is 0 Å². The third-order valence-electron chi connectivity index (χ3n) is 3.93. The Morgan fingerprint density at radius 1 is 1.15 bits per heavy atom. The molecule has 1 heterocycles. The minimum absolute atomic E-state index is 0.0491. The number of nitriles is 2. The van der Waals surface area contributed by atoms with Crippen LogP contribution in [0.3, 0.4) is 0 Å². The molecule has 0 unspecified atom stereocenters. The van der Waals surface area contributed by atoms with Crippen molar-refractivity contribution in [3.05, 3.63) is 41.0 Å². The zero-order valence-electron chi connectivity index (χ0n) is 15.3. The van der Waals surface area contributed by atoms with E-state index >= 15 is 0 Å². The van der Waals surface area contributed by atoms with E-state index in [2.05, 4.69) is 17.1 Å². The summed E-state index contributed by atoms with van der Waals surface area (Å²) in [6.07, 6.45) is 0. The summed E-state index contributed by atoms with van der Waals surface area (Å²) < 4.78 is 0. The van der Waals surface area contributed by atoms with Gasteiger partial charge in [0.1, 0.15) is 34.3 Å². The minimum atomic E-state index is -0.474. The van der Waals surface area contributed by atoms with E-state index in [1.807, 2.05) is 52.0 Å². The first-order chi connectivity index (χ1) is 12.2. The first-order valence-electron chi connectivity index (χ1n) is 8.05. The molecule has 0 saturated heterocycles. The van der Waals surface area contributed by atoms with E-state index in [9.17, 15) is 15.3 Å². The van der Waals surface area contributed by atoms with E-state index in [1.165, 1.54) is 11.8 Å². The molecule has 0 fully saturated rings. The number of aromatic nitrogens is 1. The Balaban J connectivity index is 2.59. The largest absolute Gasteiger partial charge is 0.383 e. The number of rotatable bonds is 4. The number of carbonyl (C=O) groups is 1. The molecule has 0 aliphatic heterocycles. The highest BCUT2D eigenvalue weighted by Gasteiger charge is 2.24. The lowest BCUT2D eigenvalue weighted by molar-refractivity contribution is -0.123. The second-order valence-corrected chi connectivity index (χ2v) is 7.94. The molecule has 0 radical (unpaired) electrons. The highest BCUT2D eigenvalue weighted by Crippen LogP contribution is 2.36. The van der Waals surface area contributed by atoms with Gasteiger partial charge >= 0.3 is 0 Å². The maximum Gasteiger partial charge on any atom is 0.148 e. The third kappa shape index (κ3) is 4.04. The van der Waals surface area contributed by atoms with Crippen LogP contribution in [0.25, 0.3) is 11.1 Å². The standard InChI is InChI=1S/C20H20N4OS/c1-12-5-7-13(8-6-12)17-14(9-21)18(23)24-19(15(17)10-22)26-11-16(25)20(2,3)4/h5-8H,11H2,1-4H3,(H2,23,24). The second kappa shape index (κ2) is 7.59. The van der Waals surface area contributed by atoms with Crippen LogP contribution >= 0.6 is 11.8 Å². The van der Waals surface area contributed by atoms with Gasteiger partial charge in [0, 0.05) is 11.0 Å². The fourth-order valence-corrected chi connectivity index (χ4v) is 3.42. The summed E-state index contributed by atoms with van der Waals surface area (Å²) in [6.45, 7) is 7.50. The number of pyridine rings is 1. The van der Waals surface area contributed by atoms with Crippen molar-refractivity contribution in [2.24, 2.45) is 5.41 Å². The van der Waals surface area contributed by atoms with Crippen LogP contribution < -0.4 is 5.73 Å². The highest BCUT2D eigenvalue weighted by atomic mass is 32.2. The lowest BCUT2D eigenvalue weighted by Gasteiger charge is -2.17. The number of thioether (sulfide) groups is 1. The predicted molar refractivity (Wildman–Crippen MR) is 103 cm³/mol. The average Bonchev–Trinajstić information content (AvgIpc) is 2.58. The molecule has 2 aromatic rings. The van der Waals surface area contributed by atoms with Gasteiger partial charge in [0.15, 0.2) is 0 Å². The Morgan fingerprint density at radius 3 is 2.23 bits per heavy atom. The van der Waals surface area contributed by atoms with Gasteiger partial charge in [-0.1, -0.05) is 62.4 Å². The zero-order valence-corrected chi connectivity index (χ0v) is 16.1. The molecule has 6 heteroatoms. The molecule has 1 aromatic carbocycles. The smallest absolute Gasteiger partial charge is 0.148 e. The number of hydrogen-bond donors (Lipinski definition) is 1. The van der Waals surface area contributed by atoms with Crippen molar-refractivity contribution in [2.75, 3.05) is 11.5 Å². The number of ketones is 1. The van der Waals surface area contributed by atoms with Crippen LogP contribution in [0.5, 0.6) is 0 Å². The van der Waals surface area contributed by atoms with E-state index in [-0.39, 0.29) is 28.5 Å². The Kier molecular flexibility index (Phi) is 5.69. The molecule has 2 N–H and O–H groups in total. The Hall–Kier alpha value is -2.83. The summed E-state index contributed by atoms with van der Waals surface area (Å²) in [5, 5.41) is 19.6. The Labute approximate surface area is 157 Å². The topological polar surface area (TPSA) is 104 Å². The van der Waals surface area contributed by atoms with Crippen molar-refractivity contribution >= 4 is 23.4 Å². The Morgan fingerprint density at radius 2 is 1.73 bits per heavy atom. The predicted octanol–water partition coefficient (Wildman–Crippen LogP) is 4.09. The molecule has 0 saturated carbocycles. The number of benzene rings is 1. The molecule has 1 aromatic heterocycles. The van der Waals surface area contributed by atoms with Gasteiger partial charge in [-0.15, -0.1) is 0 Å². The van der Waals surface area contributed by atoms with Gasteiger partial charge in [0.2, 0.25) is 0 Å². The van der Waals surface area contributed by atoms with Crippen molar-refractivity contribution in [3.8, 4) is 23.3 Å². The first-order valence-corrected chi connectivity index (χ1v) is 9.04. The fourth-order valence-electron chi connectivity index (χ4n) is 2.26. The molecule has 0 aliphatic rings. The number of carbonyl (C=O) groups excluding carboxylic acids is 1. The molecule has 0 amide bonds. The quantitative estimate of drug-likeness (QED) is 0.820. The number of aryl methyl sites for hydroxylation is 1. The number of Topliss-reactive ketones (excluding diaryl/α,β-unsaturated/α-hetero) is 1. The monoisotopic (exact) mass is 364 g/mol. The molecule has 132 valence electrons. The van der Waals surface area contributed by atoms with Crippen molar-refractivity contribution in [3.63, 3.8) is 0 Å². The molecule has 0 spiro atoms. The summed E-state index contributed by atoms with van der Waals surface area (Å²) in [4.78, 5) is 16.4. The van der Waals surface area contributed by atoms with E-state index in [0.717, 1.165) is 11.1 Å². The van der Waals surface area contributed by atoms with Crippen LogP contribution in [0.4, 0.5) is 5.82 Å². The highest BCUT2D eigenvalue weighted by molar-refractivity contribution is 8.00. The minimum Gasteiger partial charge on any atom is -0.383 e. The summed E-state index contributed by atoms with van der Waals surface area (Å²) in [6, 6.07) is 11.7. The van der Waals surface area contributed by atoms with Gasteiger partial charge in [-0.3, -0.25) is 4.79 Å².